The third kappa shape index (κ3) is 4.81. The zero-order chi connectivity index (χ0) is 27.6. The Labute approximate surface area is 237 Å². The third-order valence-corrected chi connectivity index (χ3v) is 8.33. The summed E-state index contributed by atoms with van der Waals surface area (Å²) in [6.45, 7) is 1.68. The van der Waals surface area contributed by atoms with E-state index >= 15 is 0 Å². The lowest BCUT2D eigenvalue weighted by atomic mass is 10.0. The highest BCUT2D eigenvalue weighted by Gasteiger charge is 2.23. The maximum Gasteiger partial charge on any atom is 0.341 e. The molecule has 7 nitrogen and oxygen atoms in total. The number of carbonyl (C=O) groups is 2. The lowest BCUT2D eigenvalue weighted by Gasteiger charge is -2.10. The van der Waals surface area contributed by atoms with Crippen molar-refractivity contribution in [3.05, 3.63) is 106 Å². The second-order valence-corrected chi connectivity index (χ2v) is 10.8. The monoisotopic (exact) mass is 565 g/mol. The van der Waals surface area contributed by atoms with E-state index in [1.165, 1.54) is 33.6 Å². The van der Waals surface area contributed by atoms with Gasteiger partial charge in [-0.1, -0.05) is 66.7 Å². The van der Waals surface area contributed by atoms with Gasteiger partial charge in [0, 0.05) is 21.9 Å². The van der Waals surface area contributed by atoms with Gasteiger partial charge in [-0.05, 0) is 34.9 Å². The number of benzene rings is 3. The maximum atomic E-state index is 13.6. The molecule has 1 N–H and O–H groups in total. The number of rotatable bonds is 7. The molecule has 0 fully saturated rings. The Morgan fingerprint density at radius 3 is 2.45 bits per heavy atom. The molecule has 3 aromatic heterocycles. The summed E-state index contributed by atoms with van der Waals surface area (Å²) in [4.78, 5) is 44.6. The fourth-order valence-corrected chi connectivity index (χ4v) is 6.54. The number of hydrogen-bond donors (Lipinski definition) is 1. The number of thiophene rings is 2. The Morgan fingerprint density at radius 1 is 0.900 bits per heavy atom. The fourth-order valence-electron chi connectivity index (χ4n) is 4.66. The summed E-state index contributed by atoms with van der Waals surface area (Å²) in [5.41, 5.74) is 3.21. The number of amides is 1. The van der Waals surface area contributed by atoms with Crippen LogP contribution in [0.2, 0.25) is 0 Å². The molecular formula is C31H23N3O4S2. The highest BCUT2D eigenvalue weighted by Crippen LogP contribution is 2.36. The molecule has 6 rings (SSSR count). The smallest absolute Gasteiger partial charge is 0.341 e. The van der Waals surface area contributed by atoms with Crippen LogP contribution in [0, 0.1) is 0 Å². The molecule has 0 bridgehead atoms. The molecule has 0 aliphatic rings. The van der Waals surface area contributed by atoms with E-state index in [0.29, 0.717) is 26.3 Å². The molecule has 3 aromatic carbocycles. The van der Waals surface area contributed by atoms with Gasteiger partial charge >= 0.3 is 5.97 Å². The zero-order valence-corrected chi connectivity index (χ0v) is 23.1. The first-order chi connectivity index (χ1) is 19.5. The number of aromatic nitrogens is 2. The van der Waals surface area contributed by atoms with E-state index in [1.807, 2.05) is 77.5 Å². The lowest BCUT2D eigenvalue weighted by Crippen LogP contribution is -2.28. The number of nitrogens with one attached hydrogen (secondary N) is 1. The van der Waals surface area contributed by atoms with Gasteiger partial charge in [-0.15, -0.1) is 22.7 Å². The second-order valence-electron chi connectivity index (χ2n) is 9.06. The van der Waals surface area contributed by atoms with Crippen molar-refractivity contribution in [2.75, 3.05) is 11.9 Å². The molecule has 40 heavy (non-hydrogen) atoms. The van der Waals surface area contributed by atoms with Crippen LogP contribution in [-0.4, -0.2) is 28.0 Å². The number of carbonyl (C=O) groups excluding carboxylic acids is 2. The van der Waals surface area contributed by atoms with Gasteiger partial charge in [-0.2, -0.15) is 0 Å². The van der Waals surface area contributed by atoms with Gasteiger partial charge in [-0.25, -0.2) is 9.78 Å². The summed E-state index contributed by atoms with van der Waals surface area (Å²) < 4.78 is 6.58. The Morgan fingerprint density at radius 2 is 1.65 bits per heavy atom. The predicted octanol–water partition coefficient (Wildman–Crippen LogP) is 6.82. The van der Waals surface area contributed by atoms with Crippen molar-refractivity contribution < 1.29 is 14.3 Å². The Bertz CT molecular complexity index is 1940. The van der Waals surface area contributed by atoms with Gasteiger partial charge in [0.25, 0.3) is 5.56 Å². The molecule has 0 saturated carbocycles. The quantitative estimate of drug-likeness (QED) is 0.215. The molecule has 198 valence electrons. The van der Waals surface area contributed by atoms with Crippen molar-refractivity contribution in [3.63, 3.8) is 0 Å². The van der Waals surface area contributed by atoms with E-state index in [-0.39, 0.29) is 18.7 Å². The first-order valence-corrected chi connectivity index (χ1v) is 14.4. The molecule has 3 heterocycles. The summed E-state index contributed by atoms with van der Waals surface area (Å²) >= 11 is 2.63. The molecule has 0 unspecified atom stereocenters. The number of nitrogens with zero attached hydrogens (tertiary/aromatic N) is 2. The first-order valence-electron chi connectivity index (χ1n) is 12.6. The van der Waals surface area contributed by atoms with Crippen molar-refractivity contribution in [3.8, 4) is 22.3 Å². The summed E-state index contributed by atoms with van der Waals surface area (Å²) in [5, 5.41) is 9.60. The molecule has 0 aliphatic carbocycles. The normalized spacial score (nSPS) is 11.1. The van der Waals surface area contributed by atoms with Gasteiger partial charge in [0.05, 0.1) is 18.3 Å². The van der Waals surface area contributed by atoms with E-state index in [0.717, 1.165) is 27.5 Å². The van der Waals surface area contributed by atoms with Gasteiger partial charge < -0.3 is 10.1 Å². The summed E-state index contributed by atoms with van der Waals surface area (Å²) in [6.07, 6.45) is 1.39. The number of anilines is 1. The van der Waals surface area contributed by atoms with Crippen molar-refractivity contribution in [1.29, 1.82) is 0 Å². The molecule has 6 aromatic rings. The highest BCUT2D eigenvalue weighted by molar-refractivity contribution is 7.17. The van der Waals surface area contributed by atoms with Gasteiger partial charge in [-0.3, -0.25) is 14.2 Å². The van der Waals surface area contributed by atoms with Crippen LogP contribution in [-0.2, 0) is 16.1 Å². The van der Waals surface area contributed by atoms with Gasteiger partial charge in [0.1, 0.15) is 21.9 Å². The van der Waals surface area contributed by atoms with Crippen LogP contribution >= 0.6 is 22.7 Å². The fraction of sp³-hybridized carbons (Fsp3) is 0.0968. The first kappa shape index (κ1) is 25.7. The Balaban J connectivity index is 1.31. The molecule has 0 radical (unpaired) electrons. The van der Waals surface area contributed by atoms with E-state index in [1.54, 1.807) is 6.92 Å². The molecule has 1 amide bonds. The molecular weight excluding hydrogens is 542 g/mol. The van der Waals surface area contributed by atoms with E-state index < -0.39 is 11.9 Å². The summed E-state index contributed by atoms with van der Waals surface area (Å²) in [5.74, 6) is -0.964. The maximum absolute atomic E-state index is 13.6. The SMILES string of the molecule is CCOC(=O)c1c(-c2ccccc2)csc1NC(=O)Cn1cnc2scc(-c3ccc4ccccc4c3)c2c1=O. The van der Waals surface area contributed by atoms with E-state index in [2.05, 4.69) is 16.4 Å². The predicted molar refractivity (Wildman–Crippen MR) is 161 cm³/mol. The van der Waals surface area contributed by atoms with Crippen LogP contribution in [0.5, 0.6) is 0 Å². The molecule has 0 saturated heterocycles. The number of esters is 1. The number of fused-ring (bicyclic) bond motifs is 2. The van der Waals surface area contributed by atoms with Crippen LogP contribution in [0.4, 0.5) is 5.00 Å². The molecule has 0 spiro atoms. The van der Waals surface area contributed by atoms with E-state index in [4.69, 9.17) is 4.74 Å². The average molecular weight is 566 g/mol. The van der Waals surface area contributed by atoms with Crippen molar-refractivity contribution in [1.82, 2.24) is 9.55 Å². The minimum atomic E-state index is -0.517. The standard InChI is InChI=1S/C31H23N3O4S2/c1-2-38-31(37)27-23(20-9-4-3-5-10-20)16-40-29(27)33-25(35)15-34-18-32-28-26(30(34)36)24(17-39-28)22-13-12-19-8-6-7-11-21(19)14-22/h3-14,16-18H,2,15H2,1H3,(H,33,35). The van der Waals surface area contributed by atoms with E-state index in [9.17, 15) is 14.4 Å². The van der Waals surface area contributed by atoms with Crippen molar-refractivity contribution in [2.45, 2.75) is 13.5 Å². The molecule has 0 aliphatic heterocycles. The molecule has 9 heteroatoms. The Kier molecular flexibility index (Phi) is 6.98. The molecule has 0 atom stereocenters. The second kappa shape index (κ2) is 10.9. The van der Waals surface area contributed by atoms with Crippen LogP contribution in [0.15, 0.2) is 94.7 Å². The van der Waals surface area contributed by atoms with Crippen molar-refractivity contribution >= 4 is 60.5 Å². The van der Waals surface area contributed by atoms with Crippen LogP contribution in [0.1, 0.15) is 17.3 Å². The topological polar surface area (TPSA) is 90.3 Å². The van der Waals surface area contributed by atoms with Gasteiger partial charge in [0.2, 0.25) is 5.91 Å². The lowest BCUT2D eigenvalue weighted by molar-refractivity contribution is -0.116. The summed E-state index contributed by atoms with van der Waals surface area (Å²) in [7, 11) is 0. The highest BCUT2D eigenvalue weighted by atomic mass is 32.1. The minimum absolute atomic E-state index is 0.206. The largest absolute Gasteiger partial charge is 0.462 e. The summed E-state index contributed by atoms with van der Waals surface area (Å²) in [6, 6.07) is 23.6. The Hall–Kier alpha value is -4.60. The number of ether oxygens (including phenoxy) is 1. The average Bonchev–Trinajstić information content (AvgIpc) is 3.60. The minimum Gasteiger partial charge on any atom is -0.462 e. The number of hydrogen-bond acceptors (Lipinski definition) is 7. The van der Waals surface area contributed by atoms with Crippen LogP contribution < -0.4 is 10.9 Å². The van der Waals surface area contributed by atoms with Crippen LogP contribution in [0.25, 0.3) is 43.2 Å². The zero-order valence-electron chi connectivity index (χ0n) is 21.4. The van der Waals surface area contributed by atoms with Crippen LogP contribution in [0.3, 0.4) is 0 Å². The third-order valence-electron chi connectivity index (χ3n) is 6.54. The van der Waals surface area contributed by atoms with Gasteiger partial charge in [0.15, 0.2) is 0 Å². The van der Waals surface area contributed by atoms with Crippen molar-refractivity contribution in [2.24, 2.45) is 0 Å².